The summed E-state index contributed by atoms with van der Waals surface area (Å²) in [6.07, 6.45) is 2.91. The zero-order valence-corrected chi connectivity index (χ0v) is 16.7. The minimum atomic E-state index is 0.890. The molecule has 131 valence electrons. The van der Waals surface area contributed by atoms with Crippen LogP contribution in [0.4, 0.5) is 11.6 Å². The summed E-state index contributed by atoms with van der Waals surface area (Å²) >= 11 is 5.41. The molecule has 0 bridgehead atoms. The fourth-order valence-corrected chi connectivity index (χ4v) is 4.81. The molecule has 2 aromatic rings. The predicted octanol–water partition coefficient (Wildman–Crippen LogP) is 3.98. The molecule has 1 fully saturated rings. The van der Waals surface area contributed by atoms with Crippen molar-refractivity contribution in [3.63, 3.8) is 0 Å². The van der Waals surface area contributed by atoms with Crippen LogP contribution in [0, 0.1) is 6.92 Å². The first-order valence-electron chi connectivity index (χ1n) is 8.82. The standard InChI is InChI=1S/C19H22BrN4S/c1-2-3-16-18-17(8-13-25-18)22-19(21-16)24-11-9-23(10-12-24)15-6-4-14(20)5-7-15/h4-7H,1-3,8-13H2. The Morgan fingerprint density at radius 1 is 1.04 bits per heavy atom. The molecule has 0 N–H and O–H groups in total. The van der Waals surface area contributed by atoms with E-state index < -0.39 is 0 Å². The maximum atomic E-state index is 4.90. The SMILES string of the molecule is [CH2]CCc1nc(N2CCN(c3ccc(Br)cc3)CC2)nc2c1SCC2. The van der Waals surface area contributed by atoms with Crippen LogP contribution in [0.5, 0.6) is 0 Å². The van der Waals surface area contributed by atoms with Crippen molar-refractivity contribution in [2.45, 2.75) is 24.2 Å². The lowest BCUT2D eigenvalue weighted by Crippen LogP contribution is -2.47. The molecule has 1 saturated heterocycles. The van der Waals surface area contributed by atoms with Gasteiger partial charge in [0.05, 0.1) is 16.3 Å². The molecule has 2 aliphatic heterocycles. The van der Waals surface area contributed by atoms with Crippen LogP contribution in [0.2, 0.25) is 0 Å². The summed E-state index contributed by atoms with van der Waals surface area (Å²) in [6.45, 7) is 7.94. The minimum Gasteiger partial charge on any atom is -0.368 e. The summed E-state index contributed by atoms with van der Waals surface area (Å²) in [4.78, 5) is 15.9. The smallest absolute Gasteiger partial charge is 0.225 e. The molecular weight excluding hydrogens is 396 g/mol. The highest BCUT2D eigenvalue weighted by molar-refractivity contribution is 9.10. The van der Waals surface area contributed by atoms with Gasteiger partial charge < -0.3 is 9.80 Å². The van der Waals surface area contributed by atoms with E-state index in [0.29, 0.717) is 0 Å². The first-order chi connectivity index (χ1) is 12.2. The Labute approximate surface area is 162 Å². The van der Waals surface area contributed by atoms with Crippen molar-refractivity contribution in [1.82, 2.24) is 9.97 Å². The third kappa shape index (κ3) is 3.65. The molecule has 1 radical (unpaired) electrons. The van der Waals surface area contributed by atoms with E-state index >= 15 is 0 Å². The van der Waals surface area contributed by atoms with Gasteiger partial charge in [-0.25, -0.2) is 9.97 Å². The lowest BCUT2D eigenvalue weighted by atomic mass is 10.2. The lowest BCUT2D eigenvalue weighted by Gasteiger charge is -2.36. The van der Waals surface area contributed by atoms with Gasteiger partial charge in [0.25, 0.3) is 0 Å². The van der Waals surface area contributed by atoms with Crippen LogP contribution < -0.4 is 9.80 Å². The lowest BCUT2D eigenvalue weighted by molar-refractivity contribution is 0.634. The number of aromatic nitrogens is 2. The number of thioether (sulfide) groups is 1. The van der Waals surface area contributed by atoms with Crippen molar-refractivity contribution >= 4 is 39.3 Å². The third-order valence-electron chi connectivity index (χ3n) is 4.75. The van der Waals surface area contributed by atoms with Crippen molar-refractivity contribution in [3.8, 4) is 0 Å². The second-order valence-electron chi connectivity index (χ2n) is 6.40. The van der Waals surface area contributed by atoms with Gasteiger partial charge in [-0.2, -0.15) is 0 Å². The van der Waals surface area contributed by atoms with E-state index in [1.54, 1.807) is 0 Å². The molecule has 1 aromatic heterocycles. The predicted molar refractivity (Wildman–Crippen MR) is 109 cm³/mol. The molecular formula is C19H22BrN4S. The molecule has 1 aromatic carbocycles. The molecule has 0 unspecified atom stereocenters. The molecule has 0 atom stereocenters. The number of rotatable bonds is 4. The second kappa shape index (κ2) is 7.54. The number of aryl methyl sites for hydroxylation is 2. The minimum absolute atomic E-state index is 0.890. The molecule has 2 aliphatic rings. The summed E-state index contributed by atoms with van der Waals surface area (Å²) in [5, 5.41) is 0. The summed E-state index contributed by atoms with van der Waals surface area (Å²) in [7, 11) is 0. The van der Waals surface area contributed by atoms with E-state index in [0.717, 1.165) is 61.6 Å². The summed E-state index contributed by atoms with van der Waals surface area (Å²) in [6, 6.07) is 8.56. The number of nitrogens with zero attached hydrogens (tertiary/aromatic N) is 4. The molecule has 0 aliphatic carbocycles. The number of benzene rings is 1. The molecule has 25 heavy (non-hydrogen) atoms. The van der Waals surface area contributed by atoms with Crippen LogP contribution in [0.1, 0.15) is 17.8 Å². The number of hydrogen-bond acceptors (Lipinski definition) is 5. The van der Waals surface area contributed by atoms with Gasteiger partial charge in [-0.15, -0.1) is 11.8 Å². The van der Waals surface area contributed by atoms with Crippen molar-refractivity contribution < 1.29 is 0 Å². The Morgan fingerprint density at radius 3 is 2.48 bits per heavy atom. The molecule has 0 spiro atoms. The van der Waals surface area contributed by atoms with Gasteiger partial charge in [-0.05, 0) is 37.1 Å². The Hall–Kier alpha value is -1.27. The molecule has 6 heteroatoms. The van der Waals surface area contributed by atoms with Crippen LogP contribution in [0.15, 0.2) is 33.6 Å². The molecule has 3 heterocycles. The highest BCUT2D eigenvalue weighted by Gasteiger charge is 2.24. The van der Waals surface area contributed by atoms with Crippen molar-refractivity contribution in [1.29, 1.82) is 0 Å². The average molecular weight is 418 g/mol. The van der Waals surface area contributed by atoms with Crippen LogP contribution in [0.25, 0.3) is 0 Å². The van der Waals surface area contributed by atoms with Crippen molar-refractivity contribution in [3.05, 3.63) is 47.0 Å². The highest BCUT2D eigenvalue weighted by Crippen LogP contribution is 2.34. The van der Waals surface area contributed by atoms with E-state index in [1.165, 1.54) is 22.0 Å². The van der Waals surface area contributed by atoms with Crippen LogP contribution in [0.3, 0.4) is 0 Å². The van der Waals surface area contributed by atoms with E-state index in [2.05, 4.69) is 56.9 Å². The van der Waals surface area contributed by atoms with Crippen molar-refractivity contribution in [2.24, 2.45) is 0 Å². The van der Waals surface area contributed by atoms with Gasteiger partial charge in [0.15, 0.2) is 0 Å². The topological polar surface area (TPSA) is 32.3 Å². The summed E-state index contributed by atoms with van der Waals surface area (Å²) in [5.41, 5.74) is 3.73. The van der Waals surface area contributed by atoms with Crippen LogP contribution >= 0.6 is 27.7 Å². The monoisotopic (exact) mass is 417 g/mol. The van der Waals surface area contributed by atoms with E-state index in [9.17, 15) is 0 Å². The van der Waals surface area contributed by atoms with Crippen molar-refractivity contribution in [2.75, 3.05) is 41.7 Å². The molecule has 0 saturated carbocycles. The van der Waals surface area contributed by atoms with Gasteiger partial charge in [0, 0.05) is 48.5 Å². The second-order valence-corrected chi connectivity index (χ2v) is 8.42. The van der Waals surface area contributed by atoms with Gasteiger partial charge in [0.2, 0.25) is 5.95 Å². The number of halogens is 1. The highest BCUT2D eigenvalue weighted by atomic mass is 79.9. The molecule has 0 amide bonds. The van der Waals surface area contributed by atoms with E-state index in [4.69, 9.17) is 9.97 Å². The molecule has 4 nitrogen and oxygen atoms in total. The summed E-state index contributed by atoms with van der Waals surface area (Å²) in [5.74, 6) is 2.05. The largest absolute Gasteiger partial charge is 0.368 e. The fraction of sp³-hybridized carbons (Fsp3) is 0.421. The van der Waals surface area contributed by atoms with Gasteiger partial charge >= 0.3 is 0 Å². The van der Waals surface area contributed by atoms with Gasteiger partial charge in [-0.1, -0.05) is 22.9 Å². The average Bonchev–Trinajstić information content (AvgIpc) is 3.12. The first-order valence-corrected chi connectivity index (χ1v) is 10.6. The van der Waals surface area contributed by atoms with Gasteiger partial charge in [0.1, 0.15) is 0 Å². The van der Waals surface area contributed by atoms with Gasteiger partial charge in [-0.3, -0.25) is 0 Å². The molecule has 4 rings (SSSR count). The van der Waals surface area contributed by atoms with E-state index in [-0.39, 0.29) is 0 Å². The Bertz CT molecular complexity index is 742. The fourth-order valence-electron chi connectivity index (χ4n) is 3.42. The Morgan fingerprint density at radius 2 is 1.76 bits per heavy atom. The Balaban J connectivity index is 1.49. The number of fused-ring (bicyclic) bond motifs is 1. The summed E-state index contributed by atoms with van der Waals surface area (Å²) < 4.78 is 1.12. The number of hydrogen-bond donors (Lipinski definition) is 0. The number of piperazine rings is 1. The van der Waals surface area contributed by atoms with E-state index in [1.807, 2.05) is 11.8 Å². The first kappa shape index (κ1) is 17.2. The Kier molecular flexibility index (Phi) is 5.17. The normalized spacial score (nSPS) is 17.0. The van der Waals surface area contributed by atoms with Crippen LogP contribution in [-0.2, 0) is 12.8 Å². The van der Waals surface area contributed by atoms with Crippen LogP contribution in [-0.4, -0.2) is 41.9 Å². The zero-order valence-electron chi connectivity index (χ0n) is 14.2. The quantitative estimate of drug-likeness (QED) is 0.750. The maximum Gasteiger partial charge on any atom is 0.225 e. The number of anilines is 2. The maximum absolute atomic E-state index is 4.90. The zero-order chi connectivity index (χ0) is 17.2. The third-order valence-corrected chi connectivity index (χ3v) is 6.44.